The molecule has 1 atom stereocenters. The average Bonchev–Trinajstić information content (AvgIpc) is 3.34. The number of hydrogen-bond donors (Lipinski definition) is 3. The van der Waals surface area contributed by atoms with E-state index in [1.165, 1.54) is 0 Å². The van der Waals surface area contributed by atoms with Gasteiger partial charge in [0.2, 0.25) is 0 Å². The first-order valence-corrected chi connectivity index (χ1v) is 9.86. The molecule has 0 aliphatic heterocycles. The van der Waals surface area contributed by atoms with Gasteiger partial charge in [-0.15, -0.1) is 0 Å². The van der Waals surface area contributed by atoms with Gasteiger partial charge in [0.25, 0.3) is 0 Å². The number of carbonyl (C=O) groups is 1. The summed E-state index contributed by atoms with van der Waals surface area (Å²) in [6.07, 6.45) is 2.79. The summed E-state index contributed by atoms with van der Waals surface area (Å²) < 4.78 is 5.98. The van der Waals surface area contributed by atoms with E-state index in [9.17, 15) is 9.90 Å². The molecule has 30 heavy (non-hydrogen) atoms. The van der Waals surface area contributed by atoms with E-state index in [4.69, 9.17) is 4.42 Å². The quantitative estimate of drug-likeness (QED) is 0.387. The number of aliphatic carboxylic acids is 1. The summed E-state index contributed by atoms with van der Waals surface area (Å²) in [5.74, 6) is 0.0780. The Morgan fingerprint density at radius 3 is 2.70 bits per heavy atom. The Balaban J connectivity index is 1.57. The second-order valence-corrected chi connectivity index (χ2v) is 7.22. The highest BCUT2D eigenvalue weighted by atomic mass is 16.4. The van der Waals surface area contributed by atoms with Gasteiger partial charge in [-0.25, -0.2) is 14.8 Å². The molecular formula is C23H20N4O3. The number of aryl methyl sites for hydroxylation is 1. The van der Waals surface area contributed by atoms with Crippen molar-refractivity contribution in [2.24, 2.45) is 0 Å². The maximum Gasteiger partial charge on any atom is 0.326 e. The van der Waals surface area contributed by atoms with Crippen LogP contribution in [0.1, 0.15) is 18.3 Å². The van der Waals surface area contributed by atoms with E-state index >= 15 is 0 Å². The van der Waals surface area contributed by atoms with Gasteiger partial charge < -0.3 is 19.8 Å². The lowest BCUT2D eigenvalue weighted by molar-refractivity contribution is -0.137. The van der Waals surface area contributed by atoms with E-state index in [0.29, 0.717) is 41.2 Å². The molecule has 0 radical (unpaired) electrons. The van der Waals surface area contributed by atoms with Gasteiger partial charge in [0.15, 0.2) is 11.4 Å². The van der Waals surface area contributed by atoms with Gasteiger partial charge in [-0.3, -0.25) is 0 Å². The van der Waals surface area contributed by atoms with Gasteiger partial charge in [0, 0.05) is 35.3 Å². The molecular weight excluding hydrogens is 380 g/mol. The predicted octanol–water partition coefficient (Wildman–Crippen LogP) is 4.53. The van der Waals surface area contributed by atoms with Crippen LogP contribution in [0.4, 0.5) is 5.82 Å². The number of carboxylic acid groups (broad SMARTS) is 1. The standard InChI is InChI=1S/C23H20N4O3/c1-2-19-26-20-15-8-4-6-10-18(15)30-21(20)22(27-19)25-17(23(28)29)11-13-12-24-16-9-5-3-7-14(13)16/h3-10,12,17,24H,2,11H2,1H3,(H,28,29)(H,25,26,27)/t17-/m0/s1. The number of aromatic amines is 1. The molecule has 7 nitrogen and oxygen atoms in total. The number of carboxylic acids is 1. The minimum atomic E-state index is -0.957. The van der Waals surface area contributed by atoms with Crippen molar-refractivity contribution in [3.05, 3.63) is 66.1 Å². The number of benzene rings is 2. The molecule has 5 aromatic rings. The van der Waals surface area contributed by atoms with Crippen LogP contribution < -0.4 is 5.32 Å². The molecule has 3 heterocycles. The summed E-state index contributed by atoms with van der Waals surface area (Å²) in [4.78, 5) is 24.4. The Labute approximate surface area is 171 Å². The molecule has 0 spiro atoms. The maximum absolute atomic E-state index is 12.1. The second-order valence-electron chi connectivity index (χ2n) is 7.22. The number of H-pyrrole nitrogens is 1. The van der Waals surface area contributed by atoms with Crippen molar-refractivity contribution in [3.8, 4) is 0 Å². The highest BCUT2D eigenvalue weighted by Crippen LogP contribution is 2.32. The van der Waals surface area contributed by atoms with E-state index in [1.807, 2.05) is 61.7 Å². The third-order valence-electron chi connectivity index (χ3n) is 5.29. The maximum atomic E-state index is 12.1. The Bertz CT molecular complexity index is 1390. The van der Waals surface area contributed by atoms with E-state index in [-0.39, 0.29) is 0 Å². The molecule has 3 aromatic heterocycles. The lowest BCUT2D eigenvalue weighted by atomic mass is 10.0. The minimum Gasteiger partial charge on any atom is -0.480 e. The van der Waals surface area contributed by atoms with E-state index in [2.05, 4.69) is 20.3 Å². The molecule has 0 bridgehead atoms. The third-order valence-corrected chi connectivity index (χ3v) is 5.29. The van der Waals surface area contributed by atoms with Crippen molar-refractivity contribution in [2.75, 3.05) is 5.32 Å². The van der Waals surface area contributed by atoms with Crippen molar-refractivity contribution in [1.82, 2.24) is 15.0 Å². The van der Waals surface area contributed by atoms with Gasteiger partial charge in [-0.1, -0.05) is 37.3 Å². The largest absolute Gasteiger partial charge is 0.480 e. The Kier molecular flexibility index (Phi) is 4.35. The third kappa shape index (κ3) is 3.04. The molecule has 0 amide bonds. The van der Waals surface area contributed by atoms with Crippen LogP contribution in [-0.2, 0) is 17.6 Å². The summed E-state index contributed by atoms with van der Waals surface area (Å²) in [6.45, 7) is 1.97. The van der Waals surface area contributed by atoms with Crippen LogP contribution in [0.5, 0.6) is 0 Å². The first kappa shape index (κ1) is 18.2. The average molecular weight is 400 g/mol. The summed E-state index contributed by atoms with van der Waals surface area (Å²) >= 11 is 0. The number of hydrogen-bond acceptors (Lipinski definition) is 5. The van der Waals surface area contributed by atoms with Crippen LogP contribution in [0.3, 0.4) is 0 Å². The molecule has 150 valence electrons. The fourth-order valence-electron chi connectivity index (χ4n) is 3.78. The van der Waals surface area contributed by atoms with Crippen LogP contribution in [0.15, 0.2) is 59.1 Å². The number of nitrogens with zero attached hydrogens (tertiary/aromatic N) is 2. The number of aromatic nitrogens is 3. The van der Waals surface area contributed by atoms with Crippen LogP contribution in [0, 0.1) is 0 Å². The van der Waals surface area contributed by atoms with E-state index in [0.717, 1.165) is 21.9 Å². The lowest BCUT2D eigenvalue weighted by Crippen LogP contribution is -2.32. The molecule has 7 heteroatoms. The molecule has 0 fully saturated rings. The smallest absolute Gasteiger partial charge is 0.326 e. The van der Waals surface area contributed by atoms with Crippen molar-refractivity contribution in [3.63, 3.8) is 0 Å². The number of fused-ring (bicyclic) bond motifs is 4. The normalized spacial score (nSPS) is 12.6. The highest BCUT2D eigenvalue weighted by molar-refractivity contribution is 6.05. The summed E-state index contributed by atoms with van der Waals surface area (Å²) in [7, 11) is 0. The number of furan rings is 1. The van der Waals surface area contributed by atoms with Gasteiger partial charge in [0.05, 0.1) is 0 Å². The van der Waals surface area contributed by atoms with Crippen LogP contribution in [0.25, 0.3) is 33.0 Å². The summed E-state index contributed by atoms with van der Waals surface area (Å²) in [5.41, 5.74) is 3.76. The minimum absolute atomic E-state index is 0.298. The van der Waals surface area contributed by atoms with Crippen LogP contribution >= 0.6 is 0 Å². The van der Waals surface area contributed by atoms with Crippen molar-refractivity contribution in [2.45, 2.75) is 25.8 Å². The zero-order chi connectivity index (χ0) is 20.7. The van der Waals surface area contributed by atoms with Gasteiger partial charge in [0.1, 0.15) is 23.0 Å². The van der Waals surface area contributed by atoms with Gasteiger partial charge in [-0.2, -0.15) is 0 Å². The Hall–Kier alpha value is -3.87. The SMILES string of the molecule is CCc1nc(N[C@@H](Cc2c[nH]c3ccccc23)C(=O)O)c2oc3ccccc3c2n1. The zero-order valence-corrected chi connectivity index (χ0v) is 16.3. The molecule has 0 saturated heterocycles. The highest BCUT2D eigenvalue weighted by Gasteiger charge is 2.23. The zero-order valence-electron chi connectivity index (χ0n) is 16.3. The fraction of sp³-hybridized carbons (Fsp3) is 0.174. The number of nitrogens with one attached hydrogen (secondary N) is 2. The Morgan fingerprint density at radius 2 is 1.90 bits per heavy atom. The first-order valence-electron chi connectivity index (χ1n) is 9.86. The fourth-order valence-corrected chi connectivity index (χ4v) is 3.78. The van der Waals surface area contributed by atoms with E-state index < -0.39 is 12.0 Å². The van der Waals surface area contributed by atoms with Gasteiger partial charge in [-0.05, 0) is 23.8 Å². The number of rotatable bonds is 6. The molecule has 0 saturated carbocycles. The molecule has 0 aliphatic rings. The topological polar surface area (TPSA) is 104 Å². The van der Waals surface area contributed by atoms with Crippen molar-refractivity contribution >= 4 is 44.8 Å². The molecule has 0 aliphatic carbocycles. The molecule has 2 aromatic carbocycles. The van der Waals surface area contributed by atoms with Crippen molar-refractivity contribution < 1.29 is 14.3 Å². The summed E-state index contributed by atoms with van der Waals surface area (Å²) in [6, 6.07) is 14.6. The predicted molar refractivity (Wildman–Crippen MR) is 116 cm³/mol. The second kappa shape index (κ2) is 7.18. The van der Waals surface area contributed by atoms with Crippen LogP contribution in [-0.4, -0.2) is 32.1 Å². The van der Waals surface area contributed by atoms with E-state index in [1.54, 1.807) is 0 Å². The first-order chi connectivity index (χ1) is 14.6. The summed E-state index contributed by atoms with van der Waals surface area (Å²) in [5, 5.41) is 14.9. The molecule has 5 rings (SSSR count). The monoisotopic (exact) mass is 400 g/mol. The molecule has 0 unspecified atom stereocenters. The van der Waals surface area contributed by atoms with Gasteiger partial charge >= 0.3 is 5.97 Å². The molecule has 3 N–H and O–H groups in total. The number of para-hydroxylation sites is 2. The van der Waals surface area contributed by atoms with Crippen molar-refractivity contribution in [1.29, 1.82) is 0 Å². The Morgan fingerprint density at radius 1 is 1.13 bits per heavy atom. The lowest BCUT2D eigenvalue weighted by Gasteiger charge is -2.15. The van der Waals surface area contributed by atoms with Crippen LogP contribution in [0.2, 0.25) is 0 Å². The number of anilines is 1.